The Balaban J connectivity index is 2.48. The van der Waals surface area contributed by atoms with E-state index in [0.717, 1.165) is 6.42 Å². The number of hydrogen-bond donors (Lipinski definition) is 0. The second kappa shape index (κ2) is 4.11. The molecule has 0 saturated heterocycles. The molecule has 0 fully saturated rings. The van der Waals surface area contributed by atoms with Crippen LogP contribution in [0.4, 0.5) is 0 Å². The lowest BCUT2D eigenvalue weighted by atomic mass is 9.85. The summed E-state index contributed by atoms with van der Waals surface area (Å²) < 4.78 is 0. The number of nitrogens with zero attached hydrogens (tertiary/aromatic N) is 1. The fraction of sp³-hybridized carbons (Fsp3) is 0.545. The van der Waals surface area contributed by atoms with Gasteiger partial charge in [-0.15, -0.1) is 0 Å². The Morgan fingerprint density at radius 3 is 3.00 bits per heavy atom. The smallest absolute Gasteiger partial charge is 0.0624 e. The van der Waals surface area contributed by atoms with Gasteiger partial charge in [0, 0.05) is 6.42 Å². The van der Waals surface area contributed by atoms with Crippen molar-refractivity contribution in [1.29, 1.82) is 5.26 Å². The van der Waals surface area contributed by atoms with Gasteiger partial charge in [-0.1, -0.05) is 30.7 Å². The molecule has 0 N–H and O–H groups in total. The first-order valence-corrected chi connectivity index (χ1v) is 4.46. The van der Waals surface area contributed by atoms with Gasteiger partial charge in [0.25, 0.3) is 0 Å². The summed E-state index contributed by atoms with van der Waals surface area (Å²) in [7, 11) is 0. The van der Waals surface area contributed by atoms with Crippen molar-refractivity contribution in [2.45, 2.75) is 26.7 Å². The summed E-state index contributed by atoms with van der Waals surface area (Å²) in [5, 5.41) is 8.53. The van der Waals surface area contributed by atoms with Crippen LogP contribution in [-0.4, -0.2) is 0 Å². The Labute approximate surface area is 74.4 Å². The third-order valence-electron chi connectivity index (χ3n) is 2.46. The van der Waals surface area contributed by atoms with E-state index >= 15 is 0 Å². The standard InChI is InChI=1S/C11H15N/c1-9-3-5-11(6-4-9)10(2)7-8-12/h3-5,10-11H,6-7H2,1-2H3/t10?,11-/m1/s1. The quantitative estimate of drug-likeness (QED) is 0.610. The Bertz CT molecular complexity index is 242. The highest BCUT2D eigenvalue weighted by Gasteiger charge is 2.14. The van der Waals surface area contributed by atoms with E-state index in [-0.39, 0.29) is 0 Å². The molecule has 1 unspecified atom stereocenters. The molecule has 0 amide bonds. The van der Waals surface area contributed by atoms with Crippen LogP contribution in [0.5, 0.6) is 0 Å². The van der Waals surface area contributed by atoms with E-state index in [2.05, 4.69) is 38.1 Å². The Hall–Kier alpha value is -1.03. The molecule has 0 aromatic rings. The molecule has 2 atom stereocenters. The number of hydrogen-bond acceptors (Lipinski definition) is 1. The van der Waals surface area contributed by atoms with Crippen molar-refractivity contribution >= 4 is 0 Å². The van der Waals surface area contributed by atoms with Gasteiger partial charge in [-0.3, -0.25) is 0 Å². The van der Waals surface area contributed by atoms with Crippen molar-refractivity contribution in [2.75, 3.05) is 0 Å². The predicted octanol–water partition coefficient (Wildman–Crippen LogP) is 3.06. The van der Waals surface area contributed by atoms with Gasteiger partial charge < -0.3 is 0 Å². The fourth-order valence-electron chi connectivity index (χ4n) is 1.46. The van der Waals surface area contributed by atoms with Gasteiger partial charge >= 0.3 is 0 Å². The summed E-state index contributed by atoms with van der Waals surface area (Å²) in [4.78, 5) is 0. The summed E-state index contributed by atoms with van der Waals surface area (Å²) in [6, 6.07) is 2.22. The van der Waals surface area contributed by atoms with Crippen LogP contribution in [0.3, 0.4) is 0 Å². The Morgan fingerprint density at radius 2 is 2.50 bits per heavy atom. The fourth-order valence-corrected chi connectivity index (χ4v) is 1.46. The molecule has 0 heterocycles. The highest BCUT2D eigenvalue weighted by Crippen LogP contribution is 2.25. The Morgan fingerprint density at radius 1 is 1.75 bits per heavy atom. The van der Waals surface area contributed by atoms with E-state index in [1.807, 2.05) is 0 Å². The minimum Gasteiger partial charge on any atom is -0.198 e. The molecule has 0 saturated carbocycles. The molecular weight excluding hydrogens is 146 g/mol. The molecule has 1 aliphatic carbocycles. The molecule has 0 aromatic heterocycles. The average molecular weight is 161 g/mol. The lowest BCUT2D eigenvalue weighted by Gasteiger charge is -2.19. The second-order valence-electron chi connectivity index (χ2n) is 3.55. The molecular formula is C11H15N. The van der Waals surface area contributed by atoms with Gasteiger partial charge in [-0.25, -0.2) is 0 Å². The summed E-state index contributed by atoms with van der Waals surface area (Å²) >= 11 is 0. The van der Waals surface area contributed by atoms with E-state index in [4.69, 9.17) is 5.26 Å². The molecule has 1 aliphatic rings. The van der Waals surface area contributed by atoms with Gasteiger partial charge in [-0.05, 0) is 25.2 Å². The third-order valence-corrected chi connectivity index (χ3v) is 2.46. The molecule has 1 heteroatoms. The monoisotopic (exact) mass is 161 g/mol. The largest absolute Gasteiger partial charge is 0.198 e. The van der Waals surface area contributed by atoms with Crippen LogP contribution in [-0.2, 0) is 0 Å². The lowest BCUT2D eigenvalue weighted by Crippen LogP contribution is -2.09. The molecule has 0 radical (unpaired) electrons. The SMILES string of the molecule is CC1=CC[C@H](C(C)CC#N)C=C1. The van der Waals surface area contributed by atoms with Crippen LogP contribution in [0.15, 0.2) is 23.8 Å². The first-order chi connectivity index (χ1) is 5.74. The number of rotatable bonds is 2. The summed E-state index contributed by atoms with van der Waals surface area (Å²) in [5.41, 5.74) is 1.34. The molecule has 0 aromatic carbocycles. The van der Waals surface area contributed by atoms with Crippen molar-refractivity contribution in [1.82, 2.24) is 0 Å². The minimum absolute atomic E-state index is 0.496. The maximum Gasteiger partial charge on any atom is 0.0624 e. The van der Waals surface area contributed by atoms with Crippen molar-refractivity contribution in [2.24, 2.45) is 11.8 Å². The zero-order chi connectivity index (χ0) is 8.97. The van der Waals surface area contributed by atoms with Gasteiger partial charge in [0.2, 0.25) is 0 Å². The highest BCUT2D eigenvalue weighted by atomic mass is 14.3. The van der Waals surface area contributed by atoms with Crippen molar-refractivity contribution in [3.05, 3.63) is 23.8 Å². The number of nitriles is 1. The van der Waals surface area contributed by atoms with Crippen LogP contribution in [0.25, 0.3) is 0 Å². The van der Waals surface area contributed by atoms with Gasteiger partial charge in [0.1, 0.15) is 0 Å². The van der Waals surface area contributed by atoms with E-state index < -0.39 is 0 Å². The molecule has 64 valence electrons. The number of allylic oxidation sites excluding steroid dienone is 4. The van der Waals surface area contributed by atoms with Crippen molar-refractivity contribution in [3.8, 4) is 6.07 Å². The normalized spacial score (nSPS) is 24.4. The van der Waals surface area contributed by atoms with Crippen molar-refractivity contribution < 1.29 is 0 Å². The molecule has 0 aliphatic heterocycles. The van der Waals surface area contributed by atoms with E-state index in [0.29, 0.717) is 18.3 Å². The maximum atomic E-state index is 8.53. The zero-order valence-corrected chi connectivity index (χ0v) is 7.75. The first-order valence-electron chi connectivity index (χ1n) is 4.46. The summed E-state index contributed by atoms with van der Waals surface area (Å²) in [5.74, 6) is 1.07. The van der Waals surface area contributed by atoms with E-state index in [9.17, 15) is 0 Å². The van der Waals surface area contributed by atoms with E-state index in [1.54, 1.807) is 0 Å². The maximum absolute atomic E-state index is 8.53. The molecule has 0 bridgehead atoms. The highest BCUT2D eigenvalue weighted by molar-refractivity contribution is 5.21. The van der Waals surface area contributed by atoms with Crippen LogP contribution in [0.1, 0.15) is 26.7 Å². The minimum atomic E-state index is 0.496. The zero-order valence-electron chi connectivity index (χ0n) is 7.75. The third kappa shape index (κ3) is 2.23. The van der Waals surface area contributed by atoms with Crippen molar-refractivity contribution in [3.63, 3.8) is 0 Å². The first kappa shape index (κ1) is 9.06. The van der Waals surface area contributed by atoms with Crippen LogP contribution >= 0.6 is 0 Å². The average Bonchev–Trinajstić information content (AvgIpc) is 2.06. The van der Waals surface area contributed by atoms with Gasteiger partial charge in [-0.2, -0.15) is 5.26 Å². The van der Waals surface area contributed by atoms with E-state index in [1.165, 1.54) is 5.57 Å². The van der Waals surface area contributed by atoms with Crippen LogP contribution in [0.2, 0.25) is 0 Å². The summed E-state index contributed by atoms with van der Waals surface area (Å²) in [6.07, 6.45) is 8.41. The lowest BCUT2D eigenvalue weighted by molar-refractivity contribution is 0.436. The van der Waals surface area contributed by atoms with Crippen LogP contribution in [0, 0.1) is 23.2 Å². The molecule has 1 nitrogen and oxygen atoms in total. The Kier molecular flexibility index (Phi) is 3.10. The molecule has 1 rings (SSSR count). The van der Waals surface area contributed by atoms with Gasteiger partial charge in [0.15, 0.2) is 0 Å². The molecule has 0 spiro atoms. The summed E-state index contributed by atoms with van der Waals surface area (Å²) in [6.45, 7) is 4.26. The van der Waals surface area contributed by atoms with Gasteiger partial charge in [0.05, 0.1) is 6.07 Å². The second-order valence-corrected chi connectivity index (χ2v) is 3.55. The molecule has 12 heavy (non-hydrogen) atoms. The predicted molar refractivity (Wildman–Crippen MR) is 50.4 cm³/mol. The topological polar surface area (TPSA) is 23.8 Å². The van der Waals surface area contributed by atoms with Crippen LogP contribution < -0.4 is 0 Å².